The number of benzene rings is 1. The van der Waals surface area contributed by atoms with Crippen molar-refractivity contribution in [1.82, 2.24) is 14.9 Å². The van der Waals surface area contributed by atoms with Crippen molar-refractivity contribution in [2.75, 3.05) is 6.54 Å². The molecule has 2 heterocycles. The molecule has 24 heavy (non-hydrogen) atoms. The molecule has 0 saturated heterocycles. The lowest BCUT2D eigenvalue weighted by atomic mass is 9.96. The molecule has 124 valence electrons. The Balaban J connectivity index is 1.44. The van der Waals surface area contributed by atoms with E-state index >= 15 is 0 Å². The van der Waals surface area contributed by atoms with Gasteiger partial charge in [0.05, 0.1) is 16.6 Å². The van der Waals surface area contributed by atoms with Crippen molar-refractivity contribution in [2.45, 2.75) is 39.2 Å². The highest BCUT2D eigenvalue weighted by molar-refractivity contribution is 7.10. The fourth-order valence-corrected chi connectivity index (χ4v) is 4.66. The molecule has 1 aliphatic carbocycles. The number of carbonyl (C=O) groups is 1. The fourth-order valence-electron chi connectivity index (χ4n) is 3.54. The third-order valence-electron chi connectivity index (χ3n) is 4.77. The standard InChI is InChI=1S/C19H21N3OS/c1-13-21-16-7-3-4-8-17(16)22(13)11-10-20-19(23)15-12-24-18-9-5-2-6-14(15)18/h3-4,7-8,12H,2,5-6,9-11H2,1H3,(H,20,23). The number of thiophene rings is 1. The van der Waals surface area contributed by atoms with E-state index in [-0.39, 0.29) is 5.91 Å². The Kier molecular flexibility index (Phi) is 4.10. The number of rotatable bonds is 4. The molecule has 0 fully saturated rings. The van der Waals surface area contributed by atoms with Gasteiger partial charge < -0.3 is 9.88 Å². The van der Waals surface area contributed by atoms with Crippen LogP contribution in [0.1, 0.15) is 39.5 Å². The molecule has 1 amide bonds. The van der Waals surface area contributed by atoms with Crippen LogP contribution >= 0.6 is 11.3 Å². The molecule has 1 aliphatic rings. The first-order valence-corrected chi connectivity index (χ1v) is 9.41. The lowest BCUT2D eigenvalue weighted by Crippen LogP contribution is -2.28. The predicted molar refractivity (Wildman–Crippen MR) is 97.8 cm³/mol. The number of para-hydroxylation sites is 2. The zero-order valence-corrected chi connectivity index (χ0v) is 14.7. The van der Waals surface area contributed by atoms with Gasteiger partial charge in [-0.3, -0.25) is 4.79 Å². The summed E-state index contributed by atoms with van der Waals surface area (Å²) in [6.07, 6.45) is 4.63. The molecule has 2 aromatic heterocycles. The summed E-state index contributed by atoms with van der Waals surface area (Å²) in [5, 5.41) is 5.12. The van der Waals surface area contributed by atoms with Crippen molar-refractivity contribution in [2.24, 2.45) is 0 Å². The average molecular weight is 339 g/mol. The van der Waals surface area contributed by atoms with E-state index in [0.29, 0.717) is 6.54 Å². The highest BCUT2D eigenvalue weighted by Gasteiger charge is 2.19. The first kappa shape index (κ1) is 15.4. The smallest absolute Gasteiger partial charge is 0.252 e. The number of fused-ring (bicyclic) bond motifs is 2. The number of imidazole rings is 1. The lowest BCUT2D eigenvalue weighted by molar-refractivity contribution is 0.0951. The number of hydrogen-bond donors (Lipinski definition) is 1. The Labute approximate surface area is 145 Å². The van der Waals surface area contributed by atoms with Crippen LogP contribution in [0.4, 0.5) is 0 Å². The van der Waals surface area contributed by atoms with Crippen LogP contribution in [0.5, 0.6) is 0 Å². The van der Waals surface area contributed by atoms with E-state index in [4.69, 9.17) is 0 Å². The van der Waals surface area contributed by atoms with Crippen LogP contribution in [0, 0.1) is 6.92 Å². The second-order valence-electron chi connectivity index (χ2n) is 6.31. The summed E-state index contributed by atoms with van der Waals surface area (Å²) in [5.74, 6) is 1.05. The molecule has 3 aromatic rings. The molecule has 1 aromatic carbocycles. The Morgan fingerprint density at radius 2 is 2.12 bits per heavy atom. The summed E-state index contributed by atoms with van der Waals surface area (Å²) < 4.78 is 2.17. The van der Waals surface area contributed by atoms with Crippen LogP contribution < -0.4 is 5.32 Å². The van der Waals surface area contributed by atoms with Crippen molar-refractivity contribution in [3.63, 3.8) is 0 Å². The summed E-state index contributed by atoms with van der Waals surface area (Å²) in [7, 11) is 0. The van der Waals surface area contributed by atoms with Gasteiger partial charge in [0.15, 0.2) is 0 Å². The topological polar surface area (TPSA) is 46.9 Å². The Morgan fingerprint density at radius 3 is 3.04 bits per heavy atom. The summed E-state index contributed by atoms with van der Waals surface area (Å²) in [6, 6.07) is 8.12. The summed E-state index contributed by atoms with van der Waals surface area (Å²) in [6.45, 7) is 3.37. The number of aryl methyl sites for hydroxylation is 2. The van der Waals surface area contributed by atoms with Gasteiger partial charge in [0.2, 0.25) is 0 Å². The lowest BCUT2D eigenvalue weighted by Gasteiger charge is -2.13. The Hall–Kier alpha value is -2.14. The summed E-state index contributed by atoms with van der Waals surface area (Å²) in [5.41, 5.74) is 4.31. The summed E-state index contributed by atoms with van der Waals surface area (Å²) >= 11 is 1.74. The van der Waals surface area contributed by atoms with Gasteiger partial charge in [-0.25, -0.2) is 4.98 Å². The van der Waals surface area contributed by atoms with Gasteiger partial charge in [0.25, 0.3) is 5.91 Å². The monoisotopic (exact) mass is 339 g/mol. The van der Waals surface area contributed by atoms with E-state index in [0.717, 1.165) is 41.8 Å². The highest BCUT2D eigenvalue weighted by Crippen LogP contribution is 2.30. The second-order valence-corrected chi connectivity index (χ2v) is 7.28. The van der Waals surface area contributed by atoms with E-state index in [9.17, 15) is 4.79 Å². The first-order chi connectivity index (χ1) is 11.7. The molecule has 0 spiro atoms. The van der Waals surface area contributed by atoms with Crippen LogP contribution in [0.25, 0.3) is 11.0 Å². The number of aromatic nitrogens is 2. The maximum Gasteiger partial charge on any atom is 0.252 e. The molecule has 4 nitrogen and oxygen atoms in total. The van der Waals surface area contributed by atoms with Crippen LogP contribution in [0.15, 0.2) is 29.6 Å². The SMILES string of the molecule is Cc1nc2ccccc2n1CCNC(=O)c1csc2c1CCCC2. The number of carbonyl (C=O) groups excluding carboxylic acids is 1. The van der Waals surface area contributed by atoms with Gasteiger partial charge in [-0.2, -0.15) is 0 Å². The molecule has 0 unspecified atom stereocenters. The van der Waals surface area contributed by atoms with Crippen molar-refractivity contribution in [3.05, 3.63) is 51.5 Å². The molecule has 4 rings (SSSR count). The largest absolute Gasteiger partial charge is 0.350 e. The fraction of sp³-hybridized carbons (Fsp3) is 0.368. The number of amides is 1. The molecule has 0 radical (unpaired) electrons. The third-order valence-corrected chi connectivity index (χ3v) is 5.86. The second kappa shape index (κ2) is 6.40. The van der Waals surface area contributed by atoms with Gasteiger partial charge in [0.1, 0.15) is 5.82 Å². The molecule has 1 N–H and O–H groups in total. The van der Waals surface area contributed by atoms with E-state index < -0.39 is 0 Å². The van der Waals surface area contributed by atoms with E-state index in [1.807, 2.05) is 30.5 Å². The van der Waals surface area contributed by atoms with E-state index in [1.165, 1.54) is 23.3 Å². The minimum absolute atomic E-state index is 0.0662. The van der Waals surface area contributed by atoms with Gasteiger partial charge in [-0.1, -0.05) is 12.1 Å². The van der Waals surface area contributed by atoms with Crippen LogP contribution in [-0.4, -0.2) is 22.0 Å². The van der Waals surface area contributed by atoms with Gasteiger partial charge >= 0.3 is 0 Å². The molecular formula is C19H21N3OS. The first-order valence-electron chi connectivity index (χ1n) is 8.53. The van der Waals surface area contributed by atoms with Gasteiger partial charge in [-0.05, 0) is 50.3 Å². The average Bonchev–Trinajstić information content (AvgIpc) is 3.16. The molecule has 0 aliphatic heterocycles. The minimum Gasteiger partial charge on any atom is -0.350 e. The molecular weight excluding hydrogens is 318 g/mol. The van der Waals surface area contributed by atoms with E-state index in [1.54, 1.807) is 11.3 Å². The van der Waals surface area contributed by atoms with Gasteiger partial charge in [-0.15, -0.1) is 11.3 Å². The number of nitrogens with one attached hydrogen (secondary N) is 1. The Bertz CT molecular complexity index is 893. The number of nitrogens with zero attached hydrogens (tertiary/aromatic N) is 2. The van der Waals surface area contributed by atoms with Crippen LogP contribution in [0.2, 0.25) is 0 Å². The minimum atomic E-state index is 0.0662. The van der Waals surface area contributed by atoms with Crippen molar-refractivity contribution < 1.29 is 4.79 Å². The molecule has 0 saturated carbocycles. The molecule has 5 heteroatoms. The predicted octanol–water partition coefficient (Wildman–Crippen LogP) is 3.72. The van der Waals surface area contributed by atoms with Crippen LogP contribution in [0.3, 0.4) is 0 Å². The van der Waals surface area contributed by atoms with Crippen molar-refractivity contribution in [1.29, 1.82) is 0 Å². The molecule has 0 atom stereocenters. The highest BCUT2D eigenvalue weighted by atomic mass is 32.1. The third kappa shape index (κ3) is 2.73. The quantitative estimate of drug-likeness (QED) is 0.787. The number of hydrogen-bond acceptors (Lipinski definition) is 3. The van der Waals surface area contributed by atoms with Crippen LogP contribution in [-0.2, 0) is 19.4 Å². The Morgan fingerprint density at radius 1 is 1.29 bits per heavy atom. The zero-order chi connectivity index (χ0) is 16.5. The normalized spacial score (nSPS) is 13.9. The van der Waals surface area contributed by atoms with Crippen molar-refractivity contribution >= 4 is 28.3 Å². The van der Waals surface area contributed by atoms with E-state index in [2.05, 4.69) is 20.9 Å². The molecule has 0 bridgehead atoms. The van der Waals surface area contributed by atoms with Gasteiger partial charge in [0, 0.05) is 23.3 Å². The maximum absolute atomic E-state index is 12.5. The van der Waals surface area contributed by atoms with Crippen molar-refractivity contribution in [3.8, 4) is 0 Å². The zero-order valence-electron chi connectivity index (χ0n) is 13.8. The maximum atomic E-state index is 12.5. The summed E-state index contributed by atoms with van der Waals surface area (Å²) in [4.78, 5) is 18.5.